The molecule has 5 nitrogen and oxygen atoms in total. The van der Waals surface area contributed by atoms with Crippen molar-refractivity contribution in [2.75, 3.05) is 12.1 Å². The summed E-state index contributed by atoms with van der Waals surface area (Å²) in [5.74, 6) is -0.739. The van der Waals surface area contributed by atoms with Gasteiger partial charge in [0.05, 0.1) is 10.9 Å². The molecule has 9 heteroatoms. The van der Waals surface area contributed by atoms with Crippen molar-refractivity contribution in [3.63, 3.8) is 0 Å². The van der Waals surface area contributed by atoms with E-state index in [1.54, 1.807) is 0 Å². The second kappa shape index (κ2) is 7.65. The Morgan fingerprint density at radius 1 is 1.29 bits per heavy atom. The van der Waals surface area contributed by atoms with Gasteiger partial charge in [-0.05, 0) is 17.7 Å². The van der Waals surface area contributed by atoms with Crippen molar-refractivity contribution in [1.29, 1.82) is 0 Å². The van der Waals surface area contributed by atoms with Crippen molar-refractivity contribution in [2.45, 2.75) is 21.9 Å². The summed E-state index contributed by atoms with van der Waals surface area (Å²) in [7, 11) is -3.31. The van der Waals surface area contributed by atoms with Crippen molar-refractivity contribution >= 4 is 50.5 Å². The number of benzene rings is 1. The van der Waals surface area contributed by atoms with E-state index in [4.69, 9.17) is 34.8 Å². The number of hydrogen-bond acceptors (Lipinski definition) is 4. The standard InChI is InChI=1S/C12H14Cl3NO4S/c1-21(19,20)8-4-2-7(3-5-8)10(17)9(6-13)16-12(18)11(14)15/h2-5,9-11,17H,6H2,1H3,(H,16,18). The van der Waals surface area contributed by atoms with Crippen LogP contribution in [0.1, 0.15) is 11.7 Å². The van der Waals surface area contributed by atoms with Crippen LogP contribution in [-0.4, -0.2) is 42.4 Å². The molecule has 1 aromatic carbocycles. The smallest absolute Gasteiger partial charge is 0.253 e. The minimum absolute atomic E-state index is 0.0682. The van der Waals surface area contributed by atoms with E-state index in [1.807, 2.05) is 0 Å². The zero-order valence-electron chi connectivity index (χ0n) is 11.0. The molecule has 2 atom stereocenters. The van der Waals surface area contributed by atoms with E-state index in [-0.39, 0.29) is 10.8 Å². The highest BCUT2D eigenvalue weighted by Crippen LogP contribution is 2.20. The fraction of sp³-hybridized carbons (Fsp3) is 0.417. The Hall–Kier alpha value is -0.530. The summed E-state index contributed by atoms with van der Waals surface area (Å²) in [6.07, 6.45) is -0.0338. The van der Waals surface area contributed by atoms with Crippen molar-refractivity contribution in [1.82, 2.24) is 5.32 Å². The summed E-state index contributed by atoms with van der Waals surface area (Å²) in [5, 5.41) is 12.6. The minimum atomic E-state index is -3.31. The summed E-state index contributed by atoms with van der Waals surface area (Å²) >= 11 is 16.5. The average molecular weight is 375 g/mol. The molecule has 0 spiro atoms. The highest BCUT2D eigenvalue weighted by molar-refractivity contribution is 7.90. The van der Waals surface area contributed by atoms with Crippen LogP contribution in [0.5, 0.6) is 0 Å². The molecule has 118 valence electrons. The third-order valence-electron chi connectivity index (χ3n) is 2.72. The Bertz CT molecular complexity index is 589. The molecule has 0 heterocycles. The number of halogens is 3. The van der Waals surface area contributed by atoms with E-state index >= 15 is 0 Å². The number of carbonyl (C=O) groups is 1. The first kappa shape index (κ1) is 18.5. The van der Waals surface area contributed by atoms with E-state index in [0.717, 1.165) is 6.26 Å². The van der Waals surface area contributed by atoms with Crippen LogP contribution in [0.2, 0.25) is 0 Å². The molecule has 2 N–H and O–H groups in total. The number of amides is 1. The molecule has 0 aliphatic heterocycles. The molecule has 0 aliphatic rings. The zero-order chi connectivity index (χ0) is 16.2. The van der Waals surface area contributed by atoms with Crippen LogP contribution < -0.4 is 5.32 Å². The van der Waals surface area contributed by atoms with Crippen molar-refractivity contribution < 1.29 is 18.3 Å². The monoisotopic (exact) mass is 373 g/mol. The molecule has 2 unspecified atom stereocenters. The first-order chi connectivity index (χ1) is 9.66. The number of carbonyl (C=O) groups excluding carboxylic acids is 1. The Morgan fingerprint density at radius 3 is 2.19 bits per heavy atom. The van der Waals surface area contributed by atoms with Gasteiger partial charge in [0.1, 0.15) is 6.10 Å². The van der Waals surface area contributed by atoms with Gasteiger partial charge in [-0.3, -0.25) is 4.79 Å². The van der Waals surface area contributed by atoms with Crippen LogP contribution in [0.4, 0.5) is 0 Å². The minimum Gasteiger partial charge on any atom is -0.386 e. The fourth-order valence-electron chi connectivity index (χ4n) is 1.59. The maximum absolute atomic E-state index is 11.4. The fourth-order valence-corrected chi connectivity index (χ4v) is 2.59. The van der Waals surface area contributed by atoms with Crippen LogP contribution in [0.15, 0.2) is 29.2 Å². The Morgan fingerprint density at radius 2 is 1.81 bits per heavy atom. The number of alkyl halides is 3. The molecular formula is C12H14Cl3NO4S. The summed E-state index contributed by atoms with van der Waals surface area (Å²) < 4.78 is 22.7. The molecule has 0 aromatic heterocycles. The molecule has 0 saturated heterocycles. The predicted molar refractivity (Wildman–Crippen MR) is 82.7 cm³/mol. The Balaban J connectivity index is 2.90. The van der Waals surface area contributed by atoms with Gasteiger partial charge < -0.3 is 10.4 Å². The van der Waals surface area contributed by atoms with Crippen LogP contribution in [-0.2, 0) is 14.6 Å². The van der Waals surface area contributed by atoms with Gasteiger partial charge >= 0.3 is 0 Å². The van der Waals surface area contributed by atoms with Gasteiger partial charge in [0.2, 0.25) is 0 Å². The second-order valence-electron chi connectivity index (χ2n) is 4.36. The first-order valence-corrected chi connectivity index (χ1v) is 9.09. The Labute approximate surface area is 138 Å². The number of sulfone groups is 1. The largest absolute Gasteiger partial charge is 0.386 e. The lowest BCUT2D eigenvalue weighted by atomic mass is 10.0. The van der Waals surface area contributed by atoms with Gasteiger partial charge in [-0.1, -0.05) is 35.3 Å². The van der Waals surface area contributed by atoms with Gasteiger partial charge in [0, 0.05) is 12.1 Å². The molecule has 0 bridgehead atoms. The highest BCUT2D eigenvalue weighted by Gasteiger charge is 2.24. The summed E-state index contributed by atoms with van der Waals surface area (Å²) in [6.45, 7) is 0. The number of rotatable bonds is 6. The SMILES string of the molecule is CS(=O)(=O)c1ccc(C(O)C(CCl)NC(=O)C(Cl)Cl)cc1. The van der Waals surface area contributed by atoms with E-state index in [2.05, 4.69) is 5.32 Å². The van der Waals surface area contributed by atoms with Gasteiger partial charge in [-0.2, -0.15) is 0 Å². The van der Waals surface area contributed by atoms with Gasteiger partial charge in [0.15, 0.2) is 14.7 Å². The highest BCUT2D eigenvalue weighted by atomic mass is 35.5. The lowest BCUT2D eigenvalue weighted by molar-refractivity contribution is -0.120. The predicted octanol–water partition coefficient (Wildman–Crippen LogP) is 1.65. The maximum atomic E-state index is 11.4. The molecule has 1 amide bonds. The quantitative estimate of drug-likeness (QED) is 0.742. The molecule has 1 rings (SSSR count). The summed E-state index contributed by atoms with van der Waals surface area (Å²) in [5.41, 5.74) is 0.411. The molecule has 0 saturated carbocycles. The molecular weight excluding hydrogens is 361 g/mol. The van der Waals surface area contributed by atoms with Gasteiger partial charge in [0.25, 0.3) is 5.91 Å². The first-order valence-electron chi connectivity index (χ1n) is 5.79. The van der Waals surface area contributed by atoms with Crippen LogP contribution >= 0.6 is 34.8 Å². The van der Waals surface area contributed by atoms with Crippen molar-refractivity contribution in [3.8, 4) is 0 Å². The number of aliphatic hydroxyl groups is 1. The van der Waals surface area contributed by atoms with Crippen LogP contribution in [0.3, 0.4) is 0 Å². The topological polar surface area (TPSA) is 83.5 Å². The average Bonchev–Trinajstić information content (AvgIpc) is 2.42. The van der Waals surface area contributed by atoms with Gasteiger partial charge in [-0.15, -0.1) is 11.6 Å². The van der Waals surface area contributed by atoms with Gasteiger partial charge in [-0.25, -0.2) is 8.42 Å². The van der Waals surface area contributed by atoms with Crippen LogP contribution in [0, 0.1) is 0 Å². The third-order valence-corrected chi connectivity index (χ3v) is 4.58. The van der Waals surface area contributed by atoms with E-state index in [9.17, 15) is 18.3 Å². The van der Waals surface area contributed by atoms with Crippen molar-refractivity contribution in [2.24, 2.45) is 0 Å². The van der Waals surface area contributed by atoms with E-state index in [0.29, 0.717) is 5.56 Å². The lowest BCUT2D eigenvalue weighted by Crippen LogP contribution is -2.43. The number of hydrogen-bond donors (Lipinski definition) is 2. The second-order valence-corrected chi connectivity index (χ2v) is 7.78. The van der Waals surface area contributed by atoms with Crippen molar-refractivity contribution in [3.05, 3.63) is 29.8 Å². The maximum Gasteiger partial charge on any atom is 0.253 e. The normalized spacial score (nSPS) is 14.8. The van der Waals surface area contributed by atoms with E-state index in [1.165, 1.54) is 24.3 Å². The van der Waals surface area contributed by atoms with Crippen LogP contribution in [0.25, 0.3) is 0 Å². The number of nitrogens with one attached hydrogen (secondary N) is 1. The number of aliphatic hydroxyl groups excluding tert-OH is 1. The molecule has 0 aliphatic carbocycles. The van der Waals surface area contributed by atoms with E-state index < -0.39 is 32.7 Å². The summed E-state index contributed by atoms with van der Waals surface area (Å²) in [6, 6.07) is 4.83. The zero-order valence-corrected chi connectivity index (χ0v) is 14.0. The molecule has 1 aromatic rings. The molecule has 21 heavy (non-hydrogen) atoms. The Kier molecular flexibility index (Phi) is 6.74. The summed E-state index contributed by atoms with van der Waals surface area (Å²) in [4.78, 5) is 10.3. The third kappa shape index (κ3) is 5.30. The molecule has 0 fully saturated rings. The lowest BCUT2D eigenvalue weighted by Gasteiger charge is -2.22. The molecule has 0 radical (unpaired) electrons.